The van der Waals surface area contributed by atoms with Crippen molar-refractivity contribution in [2.75, 3.05) is 10.2 Å². The van der Waals surface area contributed by atoms with Crippen molar-refractivity contribution in [2.45, 2.75) is 13.0 Å². The third-order valence-electron chi connectivity index (χ3n) is 6.49. The monoisotopic (exact) mass is 486 g/mol. The van der Waals surface area contributed by atoms with Gasteiger partial charge in [0.25, 0.3) is 0 Å². The molecule has 0 saturated carbocycles. The summed E-state index contributed by atoms with van der Waals surface area (Å²) in [5, 5.41) is 10.6. The highest BCUT2D eigenvalue weighted by Gasteiger charge is 2.41. The van der Waals surface area contributed by atoms with Gasteiger partial charge in [0.1, 0.15) is 6.04 Å². The summed E-state index contributed by atoms with van der Waals surface area (Å²) < 4.78 is 1.95. The number of amidine groups is 2. The number of aliphatic imine (C=N–C) groups is 2. The largest absolute Gasteiger partial charge is 0.337 e. The highest BCUT2D eigenvalue weighted by Crippen LogP contribution is 2.49. The summed E-state index contributed by atoms with van der Waals surface area (Å²) in [6.45, 7) is 2.08. The van der Waals surface area contributed by atoms with Gasteiger partial charge in [0.15, 0.2) is 17.5 Å². The van der Waals surface area contributed by atoms with Gasteiger partial charge in [-0.2, -0.15) is 5.10 Å². The van der Waals surface area contributed by atoms with Gasteiger partial charge in [0.05, 0.1) is 22.8 Å². The Bertz CT molecular complexity index is 1620. The molecule has 2 aliphatic rings. The molecule has 6 nitrogen and oxygen atoms in total. The number of nitrogens with one attached hydrogen (secondary N) is 1. The number of thiophene rings is 1. The van der Waals surface area contributed by atoms with E-state index in [1.807, 2.05) is 59.3 Å². The molecule has 0 unspecified atom stereocenters. The van der Waals surface area contributed by atoms with E-state index in [1.165, 1.54) is 4.88 Å². The second-order valence-corrected chi connectivity index (χ2v) is 9.71. The fraction of sp³-hybridized carbons (Fsp3) is 0.0690. The van der Waals surface area contributed by atoms with E-state index in [9.17, 15) is 0 Å². The van der Waals surface area contributed by atoms with Gasteiger partial charge < -0.3 is 10.2 Å². The van der Waals surface area contributed by atoms with Gasteiger partial charge in [-0.25, -0.2) is 14.7 Å². The SMILES string of the molecule is Cc1nn(-c2ccccc2)c2c1[C@H](c1cccs1)N1C(=N2)C(Nc2ccccc2)=Nc2ccccc21. The van der Waals surface area contributed by atoms with E-state index in [0.717, 1.165) is 45.7 Å². The number of anilines is 2. The molecule has 0 fully saturated rings. The maximum atomic E-state index is 5.26. The molecule has 0 bridgehead atoms. The Morgan fingerprint density at radius 1 is 0.806 bits per heavy atom. The van der Waals surface area contributed by atoms with Crippen LogP contribution in [0.15, 0.2) is 112 Å². The van der Waals surface area contributed by atoms with Crippen LogP contribution in [0.4, 0.5) is 22.9 Å². The van der Waals surface area contributed by atoms with Crippen LogP contribution in [0.1, 0.15) is 22.2 Å². The first-order valence-electron chi connectivity index (χ1n) is 11.8. The Balaban J connectivity index is 1.50. The maximum absolute atomic E-state index is 5.26. The zero-order valence-corrected chi connectivity index (χ0v) is 20.4. The summed E-state index contributed by atoms with van der Waals surface area (Å²) in [6.07, 6.45) is 0. The number of aromatic nitrogens is 2. The first kappa shape index (κ1) is 20.8. The van der Waals surface area contributed by atoms with Crippen molar-refractivity contribution < 1.29 is 0 Å². The molecule has 36 heavy (non-hydrogen) atoms. The summed E-state index contributed by atoms with van der Waals surface area (Å²) in [5.74, 6) is 2.33. The van der Waals surface area contributed by atoms with Gasteiger partial charge in [-0.1, -0.05) is 54.6 Å². The molecular formula is C29H22N6S. The average molecular weight is 487 g/mol. The highest BCUT2D eigenvalue weighted by atomic mass is 32.1. The second-order valence-electron chi connectivity index (χ2n) is 8.73. The fourth-order valence-electron chi connectivity index (χ4n) is 4.92. The molecule has 3 aromatic carbocycles. The lowest BCUT2D eigenvalue weighted by Crippen LogP contribution is -2.46. The lowest BCUT2D eigenvalue weighted by atomic mass is 9.98. The lowest BCUT2D eigenvalue weighted by molar-refractivity contribution is 0.830. The summed E-state index contributed by atoms with van der Waals surface area (Å²) in [7, 11) is 0. The standard InChI is InChI=1S/C29H22N6S/c1-19-25-26(24-17-10-18-36-24)34-23-16-9-8-15-22(23)31-27(30-20-11-4-2-5-12-20)29(34)32-28(25)35(33-19)21-13-6-3-7-14-21/h2-18,26H,1H3,(H,30,31)/t26-/m0/s1. The number of hydrogen-bond acceptors (Lipinski definition) is 6. The summed E-state index contributed by atoms with van der Waals surface area (Å²) >= 11 is 1.75. The van der Waals surface area contributed by atoms with E-state index < -0.39 is 0 Å². The molecule has 2 aromatic heterocycles. The molecule has 7 rings (SSSR count). The number of para-hydroxylation sites is 4. The Labute approximate surface area is 212 Å². The van der Waals surface area contributed by atoms with Gasteiger partial charge in [-0.15, -0.1) is 11.3 Å². The number of fused-ring (bicyclic) bond motifs is 4. The zero-order valence-electron chi connectivity index (χ0n) is 19.5. The van der Waals surface area contributed by atoms with Crippen molar-refractivity contribution in [2.24, 2.45) is 9.98 Å². The van der Waals surface area contributed by atoms with Gasteiger partial charge in [-0.05, 0) is 54.8 Å². The minimum atomic E-state index is -0.0748. The Kier molecular flexibility index (Phi) is 4.82. The van der Waals surface area contributed by atoms with E-state index in [1.54, 1.807) is 11.3 Å². The fourth-order valence-corrected chi connectivity index (χ4v) is 5.74. The second kappa shape index (κ2) is 8.32. The van der Waals surface area contributed by atoms with Crippen LogP contribution >= 0.6 is 11.3 Å². The highest BCUT2D eigenvalue weighted by molar-refractivity contribution is 7.10. The molecule has 0 aliphatic carbocycles. The molecule has 0 amide bonds. The molecule has 1 atom stereocenters. The summed E-state index contributed by atoms with van der Waals surface area (Å²) in [5.41, 5.74) is 5.96. The number of hydrogen-bond donors (Lipinski definition) is 1. The normalized spacial score (nSPS) is 15.9. The Morgan fingerprint density at radius 2 is 1.56 bits per heavy atom. The lowest BCUT2D eigenvalue weighted by Gasteiger charge is -2.40. The van der Waals surface area contributed by atoms with Crippen molar-refractivity contribution >= 4 is 45.9 Å². The van der Waals surface area contributed by atoms with Crippen molar-refractivity contribution in [1.82, 2.24) is 9.78 Å². The minimum absolute atomic E-state index is 0.0748. The van der Waals surface area contributed by atoms with Crippen LogP contribution in [-0.2, 0) is 0 Å². The third kappa shape index (κ3) is 3.28. The van der Waals surface area contributed by atoms with Gasteiger partial charge in [0.2, 0.25) is 0 Å². The van der Waals surface area contributed by atoms with Crippen molar-refractivity contribution in [1.29, 1.82) is 0 Å². The molecule has 1 N–H and O–H groups in total. The number of aryl methyl sites for hydroxylation is 1. The van der Waals surface area contributed by atoms with Crippen molar-refractivity contribution in [3.8, 4) is 5.69 Å². The molecule has 0 spiro atoms. The predicted octanol–water partition coefficient (Wildman–Crippen LogP) is 7.04. The van der Waals surface area contributed by atoms with Crippen LogP contribution in [-0.4, -0.2) is 21.5 Å². The first-order valence-corrected chi connectivity index (χ1v) is 12.7. The number of rotatable bonds is 3. The molecule has 174 valence electrons. The van der Waals surface area contributed by atoms with E-state index >= 15 is 0 Å². The number of benzene rings is 3. The van der Waals surface area contributed by atoms with Crippen LogP contribution in [0, 0.1) is 6.92 Å². The first-order chi connectivity index (χ1) is 17.8. The quantitative estimate of drug-likeness (QED) is 0.298. The Hall–Kier alpha value is -4.49. The van der Waals surface area contributed by atoms with Crippen molar-refractivity contribution in [3.63, 3.8) is 0 Å². The Morgan fingerprint density at radius 3 is 2.33 bits per heavy atom. The minimum Gasteiger partial charge on any atom is -0.337 e. The maximum Gasteiger partial charge on any atom is 0.179 e. The van der Waals surface area contributed by atoms with Crippen LogP contribution in [0.5, 0.6) is 0 Å². The average Bonchev–Trinajstić information content (AvgIpc) is 3.57. The van der Waals surface area contributed by atoms with Crippen LogP contribution in [0.25, 0.3) is 5.69 Å². The molecule has 7 heteroatoms. The van der Waals surface area contributed by atoms with Crippen LogP contribution < -0.4 is 10.2 Å². The summed E-state index contributed by atoms with van der Waals surface area (Å²) in [6, 6.07) is 32.8. The van der Waals surface area contributed by atoms with Gasteiger partial charge in [-0.3, -0.25) is 0 Å². The molecule has 4 heterocycles. The zero-order chi connectivity index (χ0) is 24.1. The molecule has 5 aromatic rings. The van der Waals surface area contributed by atoms with Crippen LogP contribution in [0.3, 0.4) is 0 Å². The van der Waals surface area contributed by atoms with Gasteiger partial charge >= 0.3 is 0 Å². The van der Waals surface area contributed by atoms with Crippen molar-refractivity contribution in [3.05, 3.63) is 119 Å². The predicted molar refractivity (Wildman–Crippen MR) is 148 cm³/mol. The molecule has 0 radical (unpaired) electrons. The van der Waals surface area contributed by atoms with E-state index in [4.69, 9.17) is 15.1 Å². The number of nitrogens with zero attached hydrogens (tertiary/aromatic N) is 5. The third-order valence-corrected chi connectivity index (χ3v) is 7.41. The molecule has 2 aliphatic heterocycles. The van der Waals surface area contributed by atoms with E-state index in [2.05, 4.69) is 65.0 Å². The van der Waals surface area contributed by atoms with Crippen LogP contribution in [0.2, 0.25) is 0 Å². The smallest absolute Gasteiger partial charge is 0.179 e. The van der Waals surface area contributed by atoms with E-state index in [-0.39, 0.29) is 6.04 Å². The molecular weight excluding hydrogens is 464 g/mol. The van der Waals surface area contributed by atoms with Gasteiger partial charge in [0, 0.05) is 16.1 Å². The molecule has 0 saturated heterocycles. The van der Waals surface area contributed by atoms with E-state index in [0.29, 0.717) is 5.84 Å². The topological polar surface area (TPSA) is 57.8 Å². The summed E-state index contributed by atoms with van der Waals surface area (Å²) in [4.78, 5) is 13.8.